The second-order valence-corrected chi connectivity index (χ2v) is 16.3. The number of aliphatic hydroxyl groups excluding tert-OH is 1. The average Bonchev–Trinajstić information content (AvgIpc) is 1.98. The molecule has 0 rings (SSSR count). The molecule has 0 radical (unpaired) electrons. The van der Waals surface area contributed by atoms with E-state index >= 15 is 0 Å². The molecule has 0 aromatic rings. The molecule has 0 aromatic carbocycles. The van der Waals surface area contributed by atoms with Crippen LogP contribution in [0.1, 0.15) is 6.42 Å². The SMILES string of the molecule is C[Si](C)(C)C=CCC(=CCO)[Si](C)(C)C. The van der Waals surface area contributed by atoms with Gasteiger partial charge in [0.2, 0.25) is 0 Å². The largest absolute Gasteiger partial charge is 0.392 e. The van der Waals surface area contributed by atoms with E-state index in [1.807, 2.05) is 6.08 Å². The maximum Gasteiger partial charge on any atom is 0.0725 e. The number of hydrogen-bond acceptors (Lipinski definition) is 1. The first-order valence-electron chi connectivity index (χ1n) is 5.65. The zero-order chi connectivity index (χ0) is 12.1. The summed E-state index contributed by atoms with van der Waals surface area (Å²) >= 11 is 0. The molecule has 0 amide bonds. The second kappa shape index (κ2) is 5.82. The van der Waals surface area contributed by atoms with Gasteiger partial charge < -0.3 is 5.11 Å². The predicted molar refractivity (Wildman–Crippen MR) is 75.6 cm³/mol. The van der Waals surface area contributed by atoms with Gasteiger partial charge in [-0.3, -0.25) is 0 Å². The Hall–Kier alpha value is -0.126. The number of rotatable bonds is 5. The Kier molecular flexibility index (Phi) is 5.77. The number of aliphatic hydroxyl groups is 1. The molecule has 0 saturated heterocycles. The maximum atomic E-state index is 8.99. The summed E-state index contributed by atoms with van der Waals surface area (Å²) < 4.78 is 0. The summed E-state index contributed by atoms with van der Waals surface area (Å²) in [4.78, 5) is 0. The fraction of sp³-hybridized carbons (Fsp3) is 0.667. The highest BCUT2D eigenvalue weighted by Gasteiger charge is 2.18. The van der Waals surface area contributed by atoms with Gasteiger partial charge in [-0.25, -0.2) is 0 Å². The van der Waals surface area contributed by atoms with Gasteiger partial charge in [-0.15, -0.1) is 0 Å². The monoisotopic (exact) mass is 242 g/mol. The Bertz CT molecular complexity index is 241. The molecule has 0 aromatic heterocycles. The van der Waals surface area contributed by atoms with Gasteiger partial charge in [-0.2, -0.15) is 0 Å². The number of hydrogen-bond donors (Lipinski definition) is 1. The van der Waals surface area contributed by atoms with Crippen LogP contribution < -0.4 is 0 Å². The minimum Gasteiger partial charge on any atom is -0.392 e. The van der Waals surface area contributed by atoms with E-state index in [9.17, 15) is 0 Å². The molecule has 1 nitrogen and oxygen atoms in total. The third-order valence-corrected chi connectivity index (χ3v) is 5.83. The summed E-state index contributed by atoms with van der Waals surface area (Å²) in [5, 5.41) is 10.4. The maximum absolute atomic E-state index is 8.99. The fourth-order valence-corrected chi connectivity index (χ4v) is 3.60. The van der Waals surface area contributed by atoms with Crippen LogP contribution >= 0.6 is 0 Å². The van der Waals surface area contributed by atoms with Gasteiger partial charge in [-0.05, 0) is 6.42 Å². The molecule has 0 aliphatic heterocycles. The molecule has 0 bridgehead atoms. The van der Waals surface area contributed by atoms with E-state index in [0.717, 1.165) is 6.42 Å². The van der Waals surface area contributed by atoms with E-state index in [0.29, 0.717) is 0 Å². The van der Waals surface area contributed by atoms with Crippen LogP contribution in [0.3, 0.4) is 0 Å². The highest BCUT2D eigenvalue weighted by molar-refractivity contribution is 6.83. The Morgan fingerprint density at radius 1 is 1.07 bits per heavy atom. The second-order valence-electron chi connectivity index (χ2n) is 6.13. The molecule has 1 N–H and O–H groups in total. The van der Waals surface area contributed by atoms with E-state index < -0.39 is 16.1 Å². The summed E-state index contributed by atoms with van der Waals surface area (Å²) in [6.45, 7) is 14.2. The summed E-state index contributed by atoms with van der Waals surface area (Å²) in [5.74, 6) is 0. The normalized spacial score (nSPS) is 15.0. The first kappa shape index (κ1) is 14.9. The molecule has 0 spiro atoms. The Balaban J connectivity index is 4.48. The minimum absolute atomic E-state index is 0.181. The standard InChI is InChI=1S/C12H26OSi2/c1-14(2,3)11-7-8-12(9-10-13)15(4,5)6/h7,9,11,13H,8,10H2,1-6H3. The summed E-state index contributed by atoms with van der Waals surface area (Å²) in [6, 6.07) is 0. The van der Waals surface area contributed by atoms with Crippen molar-refractivity contribution in [2.75, 3.05) is 6.61 Å². The van der Waals surface area contributed by atoms with Crippen LogP contribution in [0.2, 0.25) is 39.3 Å². The minimum atomic E-state index is -1.24. The van der Waals surface area contributed by atoms with Crippen LogP contribution in [-0.2, 0) is 0 Å². The molecule has 0 aliphatic rings. The first-order valence-corrected chi connectivity index (χ1v) is 12.7. The lowest BCUT2D eigenvalue weighted by Gasteiger charge is -2.20. The summed E-state index contributed by atoms with van der Waals surface area (Å²) in [6.07, 6.45) is 5.33. The van der Waals surface area contributed by atoms with E-state index in [2.05, 4.69) is 51.1 Å². The Morgan fingerprint density at radius 2 is 1.60 bits per heavy atom. The molecule has 3 heteroatoms. The van der Waals surface area contributed by atoms with Crippen molar-refractivity contribution in [3.8, 4) is 0 Å². The lowest BCUT2D eigenvalue weighted by Crippen LogP contribution is -2.24. The summed E-state index contributed by atoms with van der Waals surface area (Å²) in [7, 11) is -2.30. The van der Waals surface area contributed by atoms with Crippen molar-refractivity contribution in [1.29, 1.82) is 0 Å². The smallest absolute Gasteiger partial charge is 0.0725 e. The highest BCUT2D eigenvalue weighted by Crippen LogP contribution is 2.18. The third kappa shape index (κ3) is 7.76. The van der Waals surface area contributed by atoms with Gasteiger partial charge in [0.15, 0.2) is 0 Å². The molecule has 0 atom stereocenters. The van der Waals surface area contributed by atoms with Gasteiger partial charge in [-0.1, -0.05) is 62.3 Å². The van der Waals surface area contributed by atoms with Gasteiger partial charge >= 0.3 is 0 Å². The van der Waals surface area contributed by atoms with Gasteiger partial charge in [0.25, 0.3) is 0 Å². The van der Waals surface area contributed by atoms with Crippen LogP contribution in [0.5, 0.6) is 0 Å². The molecular formula is C12H26OSi2. The molecule has 0 heterocycles. The zero-order valence-electron chi connectivity index (χ0n) is 11.1. The first-order chi connectivity index (χ1) is 6.67. The topological polar surface area (TPSA) is 20.2 Å². The van der Waals surface area contributed by atoms with Gasteiger partial charge in [0, 0.05) is 0 Å². The Labute approximate surface area is 96.9 Å². The van der Waals surface area contributed by atoms with Crippen molar-refractivity contribution < 1.29 is 5.11 Å². The molecule has 0 fully saturated rings. The van der Waals surface area contributed by atoms with Crippen LogP contribution in [0.15, 0.2) is 23.0 Å². The molecule has 0 saturated carbocycles. The van der Waals surface area contributed by atoms with Crippen molar-refractivity contribution in [2.24, 2.45) is 0 Å². The average molecular weight is 243 g/mol. The van der Waals surface area contributed by atoms with Crippen molar-refractivity contribution in [3.05, 3.63) is 23.0 Å². The van der Waals surface area contributed by atoms with Gasteiger partial charge in [0.1, 0.15) is 0 Å². The molecule has 0 aliphatic carbocycles. The Morgan fingerprint density at radius 3 is 1.93 bits per heavy atom. The highest BCUT2D eigenvalue weighted by atomic mass is 28.3. The molecule has 15 heavy (non-hydrogen) atoms. The molecular weight excluding hydrogens is 216 g/mol. The predicted octanol–water partition coefficient (Wildman–Crippen LogP) is 3.61. The van der Waals surface area contributed by atoms with E-state index in [4.69, 9.17) is 5.11 Å². The fourth-order valence-electron chi connectivity index (χ4n) is 1.35. The lowest BCUT2D eigenvalue weighted by atomic mass is 10.4. The van der Waals surface area contributed by atoms with E-state index in [1.54, 1.807) is 0 Å². The third-order valence-electron chi connectivity index (χ3n) is 2.26. The van der Waals surface area contributed by atoms with Crippen LogP contribution in [-0.4, -0.2) is 27.9 Å². The van der Waals surface area contributed by atoms with E-state index in [1.165, 1.54) is 5.20 Å². The van der Waals surface area contributed by atoms with Crippen molar-refractivity contribution in [3.63, 3.8) is 0 Å². The summed E-state index contributed by atoms with van der Waals surface area (Å²) in [5.41, 5.74) is 2.39. The molecule has 88 valence electrons. The zero-order valence-corrected chi connectivity index (χ0v) is 13.1. The number of allylic oxidation sites excluding steroid dienone is 2. The van der Waals surface area contributed by atoms with Crippen molar-refractivity contribution in [1.82, 2.24) is 0 Å². The van der Waals surface area contributed by atoms with Crippen LogP contribution in [0, 0.1) is 0 Å². The van der Waals surface area contributed by atoms with Crippen LogP contribution in [0.4, 0.5) is 0 Å². The molecule has 0 unspecified atom stereocenters. The lowest BCUT2D eigenvalue weighted by molar-refractivity contribution is 0.342. The van der Waals surface area contributed by atoms with Crippen molar-refractivity contribution in [2.45, 2.75) is 45.7 Å². The van der Waals surface area contributed by atoms with E-state index in [-0.39, 0.29) is 6.61 Å². The quantitative estimate of drug-likeness (QED) is 0.730. The van der Waals surface area contributed by atoms with Gasteiger partial charge in [0.05, 0.1) is 22.8 Å². The van der Waals surface area contributed by atoms with Crippen LogP contribution in [0.25, 0.3) is 0 Å². The van der Waals surface area contributed by atoms with Crippen molar-refractivity contribution >= 4 is 16.1 Å².